The third-order valence-corrected chi connectivity index (χ3v) is 2.67. The molecule has 1 aromatic heterocycles. The molecule has 0 spiro atoms. The van der Waals surface area contributed by atoms with Crippen LogP contribution in [0.25, 0.3) is 0 Å². The van der Waals surface area contributed by atoms with Gasteiger partial charge in [0.05, 0.1) is 0 Å². The molecule has 16 heavy (non-hydrogen) atoms. The van der Waals surface area contributed by atoms with Crippen molar-refractivity contribution in [1.82, 2.24) is 4.98 Å². The van der Waals surface area contributed by atoms with Crippen LogP contribution in [0.5, 0.6) is 0 Å². The van der Waals surface area contributed by atoms with Gasteiger partial charge < -0.3 is 0 Å². The molecule has 0 saturated carbocycles. The Morgan fingerprint density at radius 2 is 1.81 bits per heavy atom. The second-order valence-electron chi connectivity index (χ2n) is 3.19. The first-order valence-corrected chi connectivity index (χ1v) is 5.76. The maximum absolute atomic E-state index is 4.34. The van der Waals surface area contributed by atoms with Gasteiger partial charge in [-0.1, -0.05) is 0 Å². The fourth-order valence-electron chi connectivity index (χ4n) is 1.23. The number of nitrogens with zero attached hydrogens (tertiary/aromatic N) is 2. The van der Waals surface area contributed by atoms with Crippen LogP contribution in [0.4, 0.5) is 0 Å². The van der Waals surface area contributed by atoms with Gasteiger partial charge in [-0.15, -0.1) is 0 Å². The van der Waals surface area contributed by atoms with Crippen molar-refractivity contribution in [2.75, 3.05) is 0 Å². The molecule has 0 aliphatic carbocycles. The van der Waals surface area contributed by atoms with Crippen LogP contribution in [0.3, 0.4) is 0 Å². The number of hydrogen-bond acceptors (Lipinski definition) is 2. The zero-order valence-electron chi connectivity index (χ0n) is 8.58. The number of aliphatic imine (C=N–C) groups is 1. The molecule has 0 amide bonds. The first-order chi connectivity index (χ1) is 7.86. The Hall–Kier alpha value is -1.44. The number of hydrogen-bond donors (Lipinski definition) is 0. The van der Waals surface area contributed by atoms with Crippen molar-refractivity contribution < 1.29 is 0 Å². The minimum atomic E-state index is 0.796. The van der Waals surface area contributed by atoms with E-state index in [4.69, 9.17) is 0 Å². The SMILES string of the molecule is [Se-]C(=N[CH]c1ccccc1)c1ccccn1. The van der Waals surface area contributed by atoms with E-state index in [-0.39, 0.29) is 0 Å². The van der Waals surface area contributed by atoms with Crippen molar-refractivity contribution in [2.24, 2.45) is 4.99 Å². The van der Waals surface area contributed by atoms with E-state index in [0.29, 0.717) is 0 Å². The van der Waals surface area contributed by atoms with Gasteiger partial charge >= 0.3 is 103 Å². The molecule has 79 valence electrons. The van der Waals surface area contributed by atoms with Crippen LogP contribution >= 0.6 is 0 Å². The molecule has 2 aromatic rings. The molecule has 0 N–H and O–H groups in total. The van der Waals surface area contributed by atoms with Crippen LogP contribution in [0.2, 0.25) is 0 Å². The van der Waals surface area contributed by atoms with E-state index in [1.165, 1.54) is 0 Å². The van der Waals surface area contributed by atoms with Gasteiger partial charge in [-0.3, -0.25) is 0 Å². The predicted molar refractivity (Wildman–Crippen MR) is 66.4 cm³/mol. The van der Waals surface area contributed by atoms with Crippen molar-refractivity contribution >= 4 is 20.6 Å². The van der Waals surface area contributed by atoms with E-state index in [0.717, 1.165) is 15.9 Å². The summed E-state index contributed by atoms with van der Waals surface area (Å²) in [6.45, 7) is 1.82. The summed E-state index contributed by atoms with van der Waals surface area (Å²) in [5.41, 5.74) is 1.93. The quantitative estimate of drug-likeness (QED) is 0.621. The van der Waals surface area contributed by atoms with Gasteiger partial charge in [0.25, 0.3) is 0 Å². The Morgan fingerprint density at radius 1 is 1.06 bits per heavy atom. The zero-order valence-corrected chi connectivity index (χ0v) is 10.3. The standard InChI is InChI=1S/C13H11N2Se/c16-13(12-8-4-5-9-14-12)15-10-11-6-2-1-3-7-11/h1-10H,(H,15,16)/p-1. The molecule has 3 heteroatoms. The summed E-state index contributed by atoms with van der Waals surface area (Å²) < 4.78 is 0.796. The molecule has 0 bridgehead atoms. The van der Waals surface area contributed by atoms with Gasteiger partial charge in [-0.2, -0.15) is 0 Å². The molecule has 0 fully saturated rings. The average Bonchev–Trinajstić information content (AvgIpc) is 2.38. The number of aromatic nitrogens is 1. The predicted octanol–water partition coefficient (Wildman–Crippen LogP) is 2.21. The molecule has 0 saturated heterocycles. The van der Waals surface area contributed by atoms with E-state index >= 15 is 0 Å². The molecular formula is C13H10N2Se-. The third-order valence-electron chi connectivity index (χ3n) is 2.01. The molecule has 0 unspecified atom stereocenters. The second-order valence-corrected chi connectivity index (χ2v) is 4.00. The second kappa shape index (κ2) is 5.59. The molecular weight excluding hydrogens is 263 g/mol. The summed E-state index contributed by atoms with van der Waals surface area (Å²) in [6.07, 6.45) is 1.75. The summed E-state index contributed by atoms with van der Waals surface area (Å²) in [5, 5.41) is 0. The summed E-state index contributed by atoms with van der Waals surface area (Å²) in [4.78, 5) is 8.55. The molecule has 1 heterocycles. The Kier molecular flexibility index (Phi) is 3.86. The Bertz CT molecular complexity index is 466. The average molecular weight is 273 g/mol. The Balaban J connectivity index is 2.09. The minimum absolute atomic E-state index is 0.796. The van der Waals surface area contributed by atoms with Gasteiger partial charge in [0.1, 0.15) is 0 Å². The van der Waals surface area contributed by atoms with E-state index in [2.05, 4.69) is 26.0 Å². The number of benzene rings is 1. The van der Waals surface area contributed by atoms with Crippen molar-refractivity contribution in [3.8, 4) is 0 Å². The van der Waals surface area contributed by atoms with Crippen LogP contribution < -0.4 is 0 Å². The molecule has 0 aliphatic rings. The van der Waals surface area contributed by atoms with E-state index in [9.17, 15) is 0 Å². The van der Waals surface area contributed by atoms with Crippen molar-refractivity contribution in [3.63, 3.8) is 0 Å². The van der Waals surface area contributed by atoms with Crippen LogP contribution in [0.15, 0.2) is 59.7 Å². The van der Waals surface area contributed by atoms with Gasteiger partial charge in [0, 0.05) is 0 Å². The van der Waals surface area contributed by atoms with Crippen molar-refractivity contribution in [1.29, 1.82) is 0 Å². The van der Waals surface area contributed by atoms with Gasteiger partial charge in [0.2, 0.25) is 0 Å². The fourth-order valence-corrected chi connectivity index (χ4v) is 1.59. The molecule has 0 atom stereocenters. The zero-order chi connectivity index (χ0) is 11.2. The summed E-state index contributed by atoms with van der Waals surface area (Å²) in [6, 6.07) is 15.7. The molecule has 1 aromatic carbocycles. The van der Waals surface area contributed by atoms with Gasteiger partial charge in [-0.05, 0) is 0 Å². The van der Waals surface area contributed by atoms with Gasteiger partial charge in [-0.25, -0.2) is 0 Å². The van der Waals surface area contributed by atoms with Crippen LogP contribution in [0, 0.1) is 6.54 Å². The fraction of sp³-hybridized carbons (Fsp3) is 0. The molecule has 2 nitrogen and oxygen atoms in total. The van der Waals surface area contributed by atoms with Crippen LogP contribution in [0.1, 0.15) is 11.3 Å². The van der Waals surface area contributed by atoms with Crippen LogP contribution in [-0.2, 0) is 0 Å². The summed E-state index contributed by atoms with van der Waals surface area (Å²) >= 11 is 2.92. The Morgan fingerprint density at radius 3 is 2.50 bits per heavy atom. The third kappa shape index (κ3) is 3.02. The normalized spacial score (nSPS) is 11.4. The van der Waals surface area contributed by atoms with E-state index in [1.807, 2.05) is 55.1 Å². The monoisotopic (exact) mass is 274 g/mol. The number of pyridine rings is 1. The molecule has 1 radical (unpaired) electrons. The maximum atomic E-state index is 4.34. The van der Waals surface area contributed by atoms with Gasteiger partial charge in [0.15, 0.2) is 0 Å². The van der Waals surface area contributed by atoms with Crippen LogP contribution in [-0.4, -0.2) is 25.6 Å². The topological polar surface area (TPSA) is 25.2 Å². The first kappa shape index (κ1) is 11.1. The van der Waals surface area contributed by atoms with Crippen molar-refractivity contribution in [3.05, 3.63) is 72.5 Å². The van der Waals surface area contributed by atoms with E-state index in [1.54, 1.807) is 6.20 Å². The summed E-state index contributed by atoms with van der Waals surface area (Å²) in [5.74, 6) is 0. The molecule has 0 aliphatic heterocycles. The first-order valence-electron chi connectivity index (χ1n) is 4.91. The number of rotatable bonds is 3. The van der Waals surface area contributed by atoms with E-state index < -0.39 is 0 Å². The summed E-state index contributed by atoms with van der Waals surface area (Å²) in [7, 11) is 0. The molecule has 2 rings (SSSR count). The van der Waals surface area contributed by atoms with Crippen molar-refractivity contribution in [2.45, 2.75) is 0 Å². The Labute approximate surface area is 103 Å².